The molecule has 0 fully saturated rings. The average molecular weight is 672 g/mol. The molecule has 0 spiro atoms. The quantitative estimate of drug-likeness (QED) is 0.179. The van der Waals surface area contributed by atoms with E-state index in [1.165, 1.54) is 7.05 Å². The number of nitrogens with zero attached hydrogens (tertiary/aromatic N) is 1. The second-order valence-corrected chi connectivity index (χ2v) is 14.2. The molecule has 2 amide bonds. The number of fused-ring (bicyclic) bond motifs is 3. The van der Waals surface area contributed by atoms with Gasteiger partial charge in [-0.3, -0.25) is 4.90 Å². The molecule has 2 aromatic carbocycles. The number of alkyl halides is 3. The van der Waals surface area contributed by atoms with Crippen molar-refractivity contribution in [2.75, 3.05) is 26.9 Å². The lowest BCUT2D eigenvalue weighted by atomic mass is 9.98. The summed E-state index contributed by atoms with van der Waals surface area (Å²) in [6, 6.07) is 13.1. The van der Waals surface area contributed by atoms with Crippen LogP contribution in [0, 0.1) is 5.92 Å². The fourth-order valence-electron chi connectivity index (χ4n) is 4.78. The van der Waals surface area contributed by atoms with E-state index in [4.69, 9.17) is 53.8 Å². The molecule has 0 heterocycles. The molecule has 0 bridgehead atoms. The third-order valence-corrected chi connectivity index (χ3v) is 6.99. The van der Waals surface area contributed by atoms with E-state index in [0.717, 1.165) is 27.2 Å². The highest BCUT2D eigenvalue weighted by Crippen LogP contribution is 2.44. The van der Waals surface area contributed by atoms with Crippen LogP contribution in [0.1, 0.15) is 51.7 Å². The van der Waals surface area contributed by atoms with Gasteiger partial charge in [0, 0.05) is 13.0 Å². The third kappa shape index (κ3) is 9.64. The molecule has 240 valence electrons. The van der Waals surface area contributed by atoms with E-state index in [1.807, 2.05) is 48.5 Å². The van der Waals surface area contributed by atoms with Gasteiger partial charge in [-0.05, 0) is 48.9 Å². The summed E-state index contributed by atoms with van der Waals surface area (Å²) >= 11 is 17.1. The molecule has 0 radical (unpaired) electrons. The minimum absolute atomic E-state index is 0.0221. The Morgan fingerprint density at radius 3 is 1.91 bits per heavy atom. The van der Waals surface area contributed by atoms with Crippen LogP contribution in [-0.2, 0) is 28.5 Å². The van der Waals surface area contributed by atoms with Crippen molar-refractivity contribution in [1.82, 2.24) is 10.2 Å². The van der Waals surface area contributed by atoms with Gasteiger partial charge in [0.1, 0.15) is 31.5 Å². The predicted molar refractivity (Wildman–Crippen MR) is 167 cm³/mol. The molecule has 2 aromatic rings. The summed E-state index contributed by atoms with van der Waals surface area (Å²) in [5, 5.41) is 2.38. The molecule has 0 saturated carbocycles. The van der Waals surface area contributed by atoms with Gasteiger partial charge in [-0.15, -0.1) is 0 Å². The molecule has 1 aliphatic carbocycles. The molecule has 1 aliphatic rings. The molecule has 2 atom stereocenters. The molecule has 0 saturated heterocycles. The Kier molecular flexibility index (Phi) is 11.8. The van der Waals surface area contributed by atoms with Crippen molar-refractivity contribution < 1.29 is 38.1 Å². The summed E-state index contributed by atoms with van der Waals surface area (Å²) in [7, 11) is 1.40. The first-order valence-corrected chi connectivity index (χ1v) is 15.1. The first-order chi connectivity index (χ1) is 20.5. The maximum Gasteiger partial charge on any atom is 0.410 e. The number of esters is 2. The number of carbonyl (C=O) groups excluding carboxylic acids is 4. The fourth-order valence-corrected chi connectivity index (χ4v) is 4.94. The zero-order valence-electron chi connectivity index (χ0n) is 25.4. The van der Waals surface area contributed by atoms with Gasteiger partial charge in [-0.25, -0.2) is 19.2 Å². The van der Waals surface area contributed by atoms with Crippen LogP contribution in [0.15, 0.2) is 48.5 Å². The van der Waals surface area contributed by atoms with Crippen LogP contribution in [0.2, 0.25) is 0 Å². The molecule has 10 nitrogen and oxygen atoms in total. The van der Waals surface area contributed by atoms with Crippen LogP contribution in [0.5, 0.6) is 0 Å². The second kappa shape index (κ2) is 14.7. The summed E-state index contributed by atoms with van der Waals surface area (Å²) in [6.45, 7) is 7.24. The standard InChI is InChI=1S/C31H37Cl3N2O8/c1-18(2)25(36(6)29(40)44-30(3,4)5)27(38)41-16-24(26(37)43-17-31(32,33)34)35-28(39)42-15-23-21-13-9-7-11-19(21)20-12-8-10-14-22(20)23/h7-14,18,23-25H,15-17H2,1-6H3,(H,35,39)/t24-,25+/m1/s1. The number of ether oxygens (including phenoxy) is 4. The Bertz CT molecular complexity index is 1310. The number of alkyl carbamates (subject to hydrolysis) is 1. The van der Waals surface area contributed by atoms with Crippen molar-refractivity contribution in [3.8, 4) is 11.1 Å². The number of benzene rings is 2. The topological polar surface area (TPSA) is 120 Å². The lowest BCUT2D eigenvalue weighted by molar-refractivity contribution is -0.156. The minimum atomic E-state index is -1.92. The normalized spacial score (nSPS) is 14.1. The van der Waals surface area contributed by atoms with Crippen molar-refractivity contribution in [2.24, 2.45) is 5.92 Å². The number of halogens is 3. The zero-order valence-corrected chi connectivity index (χ0v) is 27.7. The number of hydrogen-bond donors (Lipinski definition) is 1. The van der Waals surface area contributed by atoms with Gasteiger partial charge >= 0.3 is 24.1 Å². The molecule has 1 N–H and O–H groups in total. The minimum Gasteiger partial charge on any atom is -0.461 e. The maximum atomic E-state index is 13.1. The van der Waals surface area contributed by atoms with Crippen LogP contribution >= 0.6 is 34.8 Å². The maximum absolute atomic E-state index is 13.1. The monoisotopic (exact) mass is 670 g/mol. The molecule has 0 aliphatic heterocycles. The lowest BCUT2D eigenvalue weighted by Crippen LogP contribution is -2.50. The van der Waals surface area contributed by atoms with Gasteiger partial charge in [-0.2, -0.15) is 0 Å². The van der Waals surface area contributed by atoms with E-state index in [9.17, 15) is 19.2 Å². The lowest BCUT2D eigenvalue weighted by Gasteiger charge is -2.31. The number of hydrogen-bond acceptors (Lipinski definition) is 8. The van der Waals surface area contributed by atoms with Crippen LogP contribution in [0.25, 0.3) is 11.1 Å². The summed E-state index contributed by atoms with van der Waals surface area (Å²) in [5.41, 5.74) is 3.31. The summed E-state index contributed by atoms with van der Waals surface area (Å²) in [5.74, 6) is -2.47. The number of rotatable bonds is 10. The van der Waals surface area contributed by atoms with Crippen molar-refractivity contribution in [3.05, 3.63) is 59.7 Å². The van der Waals surface area contributed by atoms with Gasteiger partial charge in [0.25, 0.3) is 0 Å². The van der Waals surface area contributed by atoms with Crippen LogP contribution in [0.4, 0.5) is 9.59 Å². The van der Waals surface area contributed by atoms with Crippen molar-refractivity contribution in [3.63, 3.8) is 0 Å². The predicted octanol–water partition coefficient (Wildman–Crippen LogP) is 6.24. The van der Waals surface area contributed by atoms with Crippen LogP contribution in [-0.4, -0.2) is 77.4 Å². The Morgan fingerprint density at radius 1 is 0.864 bits per heavy atom. The first-order valence-electron chi connectivity index (χ1n) is 14.0. The molecular formula is C31H37Cl3N2O8. The largest absolute Gasteiger partial charge is 0.461 e. The van der Waals surface area contributed by atoms with E-state index in [-0.39, 0.29) is 18.4 Å². The van der Waals surface area contributed by atoms with Crippen LogP contribution < -0.4 is 5.32 Å². The van der Waals surface area contributed by atoms with Crippen molar-refractivity contribution >= 4 is 58.9 Å². The van der Waals surface area contributed by atoms with E-state index in [0.29, 0.717) is 0 Å². The number of likely N-dealkylation sites (N-methyl/N-ethyl adjacent to an activating group) is 1. The van der Waals surface area contributed by atoms with E-state index in [1.54, 1.807) is 34.6 Å². The van der Waals surface area contributed by atoms with E-state index < -0.39 is 58.8 Å². The summed E-state index contributed by atoms with van der Waals surface area (Å²) in [6.07, 6.45) is -1.69. The molecule has 44 heavy (non-hydrogen) atoms. The molecule has 0 unspecified atom stereocenters. The SMILES string of the molecule is CC(C)[C@@H](C(=O)OC[C@@H](NC(=O)OCC1c2ccccc2-c2ccccc21)C(=O)OCC(Cl)(Cl)Cl)N(C)C(=O)OC(C)(C)C. The highest BCUT2D eigenvalue weighted by molar-refractivity contribution is 6.67. The summed E-state index contributed by atoms with van der Waals surface area (Å²) < 4.78 is 19.4. The highest BCUT2D eigenvalue weighted by atomic mass is 35.6. The number of nitrogens with one attached hydrogen (secondary N) is 1. The third-order valence-electron chi connectivity index (χ3n) is 6.66. The van der Waals surface area contributed by atoms with E-state index >= 15 is 0 Å². The molecule has 3 rings (SSSR count). The molecular weight excluding hydrogens is 635 g/mol. The molecule has 0 aromatic heterocycles. The molecule has 13 heteroatoms. The van der Waals surface area contributed by atoms with Gasteiger partial charge in [0.2, 0.25) is 3.79 Å². The summed E-state index contributed by atoms with van der Waals surface area (Å²) in [4.78, 5) is 52.7. The number of carbonyl (C=O) groups is 4. The Balaban J connectivity index is 1.70. The highest BCUT2D eigenvalue weighted by Gasteiger charge is 2.36. The average Bonchev–Trinajstić information content (AvgIpc) is 3.25. The first kappa shape index (κ1) is 35.3. The Labute approximate surface area is 272 Å². The van der Waals surface area contributed by atoms with E-state index in [2.05, 4.69) is 5.32 Å². The van der Waals surface area contributed by atoms with Crippen LogP contribution in [0.3, 0.4) is 0 Å². The van der Waals surface area contributed by atoms with Gasteiger partial charge < -0.3 is 24.3 Å². The van der Waals surface area contributed by atoms with Crippen molar-refractivity contribution in [2.45, 2.75) is 62.0 Å². The number of amides is 2. The Morgan fingerprint density at radius 2 is 1.41 bits per heavy atom. The Hall–Kier alpha value is -3.21. The fraction of sp³-hybridized carbons (Fsp3) is 0.484. The smallest absolute Gasteiger partial charge is 0.410 e. The zero-order chi connectivity index (χ0) is 32.8. The van der Waals surface area contributed by atoms with Gasteiger partial charge in [0.05, 0.1) is 0 Å². The van der Waals surface area contributed by atoms with Gasteiger partial charge in [0.15, 0.2) is 6.04 Å². The second-order valence-electron chi connectivity index (χ2n) is 11.7. The van der Waals surface area contributed by atoms with Crippen molar-refractivity contribution in [1.29, 1.82) is 0 Å². The van der Waals surface area contributed by atoms with Gasteiger partial charge in [-0.1, -0.05) is 97.2 Å².